The maximum atomic E-state index is 14.6. The summed E-state index contributed by atoms with van der Waals surface area (Å²) in [5, 5.41) is 0.388. The normalized spacial score (nSPS) is 12.9. The van der Waals surface area contributed by atoms with Gasteiger partial charge in [0.2, 0.25) is 5.91 Å². The molecule has 0 saturated carbocycles. The number of rotatable bonds is 7. The molecule has 0 aliphatic heterocycles. The smallest absolute Gasteiger partial charge is 0.226 e. The molecule has 1 atom stereocenters. The van der Waals surface area contributed by atoms with Gasteiger partial charge in [0.15, 0.2) is 0 Å². The zero-order valence-corrected chi connectivity index (χ0v) is 18.8. The van der Waals surface area contributed by atoms with Crippen molar-refractivity contribution in [3.63, 3.8) is 0 Å². The van der Waals surface area contributed by atoms with E-state index in [0.717, 1.165) is 11.1 Å². The number of anilines is 1. The number of hydrogen-bond acceptors (Lipinski definition) is 4. The molecule has 0 aliphatic rings. The highest BCUT2D eigenvalue weighted by molar-refractivity contribution is 7.92. The lowest BCUT2D eigenvalue weighted by molar-refractivity contribution is -0.118. The number of hydrogen-bond donors (Lipinski definition) is 1. The summed E-state index contributed by atoms with van der Waals surface area (Å²) in [5.41, 5.74) is 2.45. The number of aromatic nitrogens is 1. The highest BCUT2D eigenvalue weighted by Crippen LogP contribution is 2.27. The predicted molar refractivity (Wildman–Crippen MR) is 122 cm³/mol. The third-order valence-electron chi connectivity index (χ3n) is 5.02. The summed E-state index contributed by atoms with van der Waals surface area (Å²) in [4.78, 5) is 17.5. The van der Waals surface area contributed by atoms with E-state index in [2.05, 4.69) is 4.98 Å². The number of amides is 1. The number of benzene rings is 2. The van der Waals surface area contributed by atoms with Crippen molar-refractivity contribution >= 4 is 32.9 Å². The van der Waals surface area contributed by atoms with Gasteiger partial charge in [-0.25, -0.2) is 18.4 Å². The van der Waals surface area contributed by atoms with Crippen LogP contribution in [0.25, 0.3) is 11.1 Å². The van der Waals surface area contributed by atoms with Crippen LogP contribution in [-0.4, -0.2) is 27.9 Å². The maximum absolute atomic E-state index is 14.6. The van der Waals surface area contributed by atoms with E-state index in [1.807, 2.05) is 0 Å². The summed E-state index contributed by atoms with van der Waals surface area (Å²) in [5.74, 6) is -0.501. The Morgan fingerprint density at radius 2 is 1.81 bits per heavy atom. The summed E-state index contributed by atoms with van der Waals surface area (Å²) in [6, 6.07) is 14.9. The van der Waals surface area contributed by atoms with Crippen LogP contribution >= 0.6 is 11.6 Å². The summed E-state index contributed by atoms with van der Waals surface area (Å²) in [6.07, 6.45) is 2.36. The molecule has 1 unspecified atom stereocenters. The first-order valence-corrected chi connectivity index (χ1v) is 11.9. The van der Waals surface area contributed by atoms with Crippen LogP contribution in [0.2, 0.25) is 5.15 Å². The van der Waals surface area contributed by atoms with Gasteiger partial charge in [-0.1, -0.05) is 42.8 Å². The maximum Gasteiger partial charge on any atom is 0.226 e. The Morgan fingerprint density at radius 1 is 1.13 bits per heavy atom. The summed E-state index contributed by atoms with van der Waals surface area (Å²) < 4.78 is 35.7. The van der Waals surface area contributed by atoms with Gasteiger partial charge in [-0.15, -0.1) is 0 Å². The zero-order valence-electron chi connectivity index (χ0n) is 17.3. The quantitative estimate of drug-likeness (QED) is 0.470. The molecule has 1 N–H and O–H groups in total. The number of carbonyl (C=O) groups excluding carboxylic acids is 1. The third kappa shape index (κ3) is 5.48. The molecule has 0 fully saturated rings. The average molecular weight is 460 g/mol. The first-order chi connectivity index (χ1) is 14.7. The molecule has 1 amide bonds. The Balaban J connectivity index is 1.75. The number of aryl methyl sites for hydroxylation is 1. The van der Waals surface area contributed by atoms with Crippen LogP contribution in [0.15, 0.2) is 65.7 Å². The zero-order chi connectivity index (χ0) is 22.6. The number of carbonyl (C=O) groups is 1. The van der Waals surface area contributed by atoms with Crippen molar-refractivity contribution in [2.75, 3.05) is 17.7 Å². The van der Waals surface area contributed by atoms with E-state index < -0.39 is 15.5 Å². The largest absolute Gasteiger partial charge is 0.313 e. The van der Waals surface area contributed by atoms with Gasteiger partial charge in [-0.2, -0.15) is 0 Å². The van der Waals surface area contributed by atoms with Gasteiger partial charge in [0, 0.05) is 30.3 Å². The van der Waals surface area contributed by atoms with Crippen molar-refractivity contribution < 1.29 is 13.4 Å². The minimum Gasteiger partial charge on any atom is -0.313 e. The van der Waals surface area contributed by atoms with Crippen molar-refractivity contribution in [1.82, 2.24) is 4.98 Å². The lowest BCUT2D eigenvalue weighted by atomic mass is 10.0. The SMILES string of the molecule is CCC(=O)N(C)c1ccc(-c2ccc(S(=N)(=O)CCc3ccc(Cl)nc3)cc2)cc1F. The predicted octanol–water partition coefficient (Wildman–Crippen LogP) is 5.56. The number of nitrogens with one attached hydrogen (secondary N) is 1. The van der Waals surface area contributed by atoms with Crippen molar-refractivity contribution in [2.24, 2.45) is 0 Å². The van der Waals surface area contributed by atoms with E-state index in [0.29, 0.717) is 28.5 Å². The van der Waals surface area contributed by atoms with Gasteiger partial charge in [0.25, 0.3) is 0 Å². The highest BCUT2D eigenvalue weighted by Gasteiger charge is 2.15. The molecule has 0 spiro atoms. The van der Waals surface area contributed by atoms with Gasteiger partial charge in [0.05, 0.1) is 15.4 Å². The van der Waals surface area contributed by atoms with Gasteiger partial charge < -0.3 is 4.90 Å². The minimum absolute atomic E-state index is 0.163. The van der Waals surface area contributed by atoms with Gasteiger partial charge >= 0.3 is 0 Å². The molecule has 0 radical (unpaired) electrons. The Bertz CT molecular complexity index is 1180. The Labute approximate surface area is 186 Å². The van der Waals surface area contributed by atoms with Crippen molar-refractivity contribution in [3.8, 4) is 11.1 Å². The average Bonchev–Trinajstić information content (AvgIpc) is 2.77. The molecule has 3 rings (SSSR count). The second-order valence-electron chi connectivity index (χ2n) is 7.12. The van der Waals surface area contributed by atoms with Crippen LogP contribution in [0, 0.1) is 10.6 Å². The molecule has 0 aliphatic carbocycles. The molecular formula is C23H23ClFN3O2S. The molecule has 1 heterocycles. The Morgan fingerprint density at radius 3 is 2.39 bits per heavy atom. The molecular weight excluding hydrogens is 437 g/mol. The van der Waals surface area contributed by atoms with E-state index >= 15 is 0 Å². The van der Waals surface area contributed by atoms with Crippen molar-refractivity contribution in [1.29, 1.82) is 4.78 Å². The molecule has 1 aromatic heterocycles. The van der Waals surface area contributed by atoms with Crippen molar-refractivity contribution in [3.05, 3.63) is 77.3 Å². The van der Waals surface area contributed by atoms with Crippen molar-refractivity contribution in [2.45, 2.75) is 24.7 Å². The van der Waals surface area contributed by atoms with Crippen LogP contribution in [0.3, 0.4) is 0 Å². The van der Waals surface area contributed by atoms with E-state index in [9.17, 15) is 13.4 Å². The van der Waals surface area contributed by atoms with Crippen LogP contribution < -0.4 is 4.90 Å². The number of nitrogens with zero attached hydrogens (tertiary/aromatic N) is 2. The topological polar surface area (TPSA) is 74.1 Å². The second-order valence-corrected chi connectivity index (χ2v) is 9.73. The van der Waals surface area contributed by atoms with Crippen LogP contribution in [0.5, 0.6) is 0 Å². The fourth-order valence-corrected chi connectivity index (χ4v) is 4.58. The van der Waals surface area contributed by atoms with E-state index in [1.165, 1.54) is 11.0 Å². The van der Waals surface area contributed by atoms with E-state index in [4.69, 9.17) is 16.4 Å². The highest BCUT2D eigenvalue weighted by atomic mass is 35.5. The van der Waals surface area contributed by atoms with E-state index in [1.54, 1.807) is 68.7 Å². The molecule has 31 heavy (non-hydrogen) atoms. The molecule has 5 nitrogen and oxygen atoms in total. The Hall–Kier alpha value is -2.77. The molecule has 8 heteroatoms. The van der Waals surface area contributed by atoms with Gasteiger partial charge in [0.1, 0.15) is 11.0 Å². The standard InChI is InChI=1S/C23H23ClFN3O2S/c1-3-23(29)28(2)21-10-7-18(14-20(21)25)17-5-8-19(9-6-17)31(26,30)13-12-16-4-11-22(24)27-15-16/h4-11,14-15,26H,3,12-13H2,1-2H3. The van der Waals surface area contributed by atoms with Crippen LogP contribution in [0.1, 0.15) is 18.9 Å². The molecule has 3 aromatic rings. The van der Waals surface area contributed by atoms with Gasteiger partial charge in [-0.3, -0.25) is 4.79 Å². The minimum atomic E-state index is -2.99. The molecule has 162 valence electrons. The first kappa shape index (κ1) is 22.9. The fraction of sp³-hybridized carbons (Fsp3) is 0.217. The number of pyridine rings is 1. The van der Waals surface area contributed by atoms with Crippen LogP contribution in [0.4, 0.5) is 10.1 Å². The summed E-state index contributed by atoms with van der Waals surface area (Å²) in [6.45, 7) is 1.73. The molecule has 0 bridgehead atoms. The summed E-state index contributed by atoms with van der Waals surface area (Å²) >= 11 is 5.77. The molecule has 2 aromatic carbocycles. The lowest BCUT2D eigenvalue weighted by Crippen LogP contribution is -2.25. The monoisotopic (exact) mass is 459 g/mol. The van der Waals surface area contributed by atoms with Gasteiger partial charge in [-0.05, 0) is 53.4 Å². The summed E-state index contributed by atoms with van der Waals surface area (Å²) in [7, 11) is -1.44. The first-order valence-electron chi connectivity index (χ1n) is 9.74. The Kier molecular flexibility index (Phi) is 7.08. The molecule has 0 saturated heterocycles. The van der Waals surface area contributed by atoms with E-state index in [-0.39, 0.29) is 17.3 Å². The number of halogens is 2. The third-order valence-corrected chi connectivity index (χ3v) is 7.06. The lowest BCUT2D eigenvalue weighted by Gasteiger charge is -2.18. The second kappa shape index (κ2) is 9.58. The fourth-order valence-electron chi connectivity index (χ4n) is 3.13. The van der Waals surface area contributed by atoms with Crippen LogP contribution in [-0.2, 0) is 20.9 Å².